The molecule has 3 heterocycles. The number of anilines is 1. The molecule has 2 amide bonds. The lowest BCUT2D eigenvalue weighted by Crippen LogP contribution is -2.48. The van der Waals surface area contributed by atoms with E-state index in [9.17, 15) is 18.0 Å². The fourth-order valence-electron chi connectivity index (χ4n) is 4.43. The lowest BCUT2D eigenvalue weighted by atomic mass is 10.1. The average Bonchev–Trinajstić information content (AvgIpc) is 3.12. The molecule has 0 bridgehead atoms. The van der Waals surface area contributed by atoms with Gasteiger partial charge in [-0.25, -0.2) is 18.4 Å². The Morgan fingerprint density at radius 1 is 0.857 bits per heavy atom. The standard InChI is InChI=1S/C25H25N5O4S/c1-18-16-23(27-17-26-18)28-12-14-29(15-13-28)35(33,34)20-8-6-19(7-9-20)10-11-30-24(31)21-4-2-3-5-22(21)25(30)32/h2-9,16-17H,10-15H2,1H3. The zero-order chi connectivity index (χ0) is 24.6. The van der Waals surface area contributed by atoms with Crippen LogP contribution in [0.3, 0.4) is 0 Å². The Balaban J connectivity index is 1.20. The number of imide groups is 1. The third-order valence-electron chi connectivity index (χ3n) is 6.42. The molecule has 5 rings (SSSR count). The molecule has 3 aromatic rings. The number of sulfonamides is 1. The number of aromatic nitrogens is 2. The summed E-state index contributed by atoms with van der Waals surface area (Å²) in [5.41, 5.74) is 2.57. The summed E-state index contributed by atoms with van der Waals surface area (Å²) in [5.74, 6) is 0.221. The van der Waals surface area contributed by atoms with Crippen LogP contribution in [0.2, 0.25) is 0 Å². The summed E-state index contributed by atoms with van der Waals surface area (Å²) < 4.78 is 27.8. The minimum Gasteiger partial charge on any atom is -0.354 e. The summed E-state index contributed by atoms with van der Waals surface area (Å²) in [7, 11) is -3.62. The van der Waals surface area contributed by atoms with Crippen LogP contribution in [-0.4, -0.2) is 72.1 Å². The van der Waals surface area contributed by atoms with Gasteiger partial charge in [-0.15, -0.1) is 0 Å². The van der Waals surface area contributed by atoms with Crippen LogP contribution in [0.5, 0.6) is 0 Å². The molecule has 10 heteroatoms. The monoisotopic (exact) mass is 491 g/mol. The van der Waals surface area contributed by atoms with Crippen LogP contribution in [0.1, 0.15) is 32.0 Å². The Morgan fingerprint density at radius 3 is 2.09 bits per heavy atom. The van der Waals surface area contributed by atoms with Crippen molar-refractivity contribution in [3.8, 4) is 0 Å². The number of aryl methyl sites for hydroxylation is 1. The summed E-state index contributed by atoms with van der Waals surface area (Å²) in [6.07, 6.45) is 1.96. The predicted octanol–water partition coefficient (Wildman–Crippen LogP) is 2.13. The average molecular weight is 492 g/mol. The fourth-order valence-corrected chi connectivity index (χ4v) is 5.85. The first-order chi connectivity index (χ1) is 16.8. The number of benzene rings is 2. The van der Waals surface area contributed by atoms with Crippen molar-refractivity contribution < 1.29 is 18.0 Å². The van der Waals surface area contributed by atoms with E-state index in [1.54, 1.807) is 48.5 Å². The van der Waals surface area contributed by atoms with Gasteiger partial charge in [0, 0.05) is 44.5 Å². The highest BCUT2D eigenvalue weighted by molar-refractivity contribution is 7.89. The van der Waals surface area contributed by atoms with Crippen molar-refractivity contribution in [1.82, 2.24) is 19.2 Å². The molecular weight excluding hydrogens is 466 g/mol. The van der Waals surface area contributed by atoms with Gasteiger partial charge >= 0.3 is 0 Å². The third kappa shape index (κ3) is 4.42. The van der Waals surface area contributed by atoms with Gasteiger partial charge in [-0.1, -0.05) is 24.3 Å². The van der Waals surface area contributed by atoms with Crippen LogP contribution < -0.4 is 4.90 Å². The molecule has 1 saturated heterocycles. The molecule has 2 aliphatic rings. The van der Waals surface area contributed by atoms with Gasteiger partial charge in [0.15, 0.2) is 0 Å². The summed E-state index contributed by atoms with van der Waals surface area (Å²) in [6, 6.07) is 15.3. The van der Waals surface area contributed by atoms with E-state index < -0.39 is 10.0 Å². The maximum Gasteiger partial charge on any atom is 0.261 e. The highest BCUT2D eigenvalue weighted by atomic mass is 32.2. The normalized spacial score (nSPS) is 16.6. The molecule has 0 atom stereocenters. The molecule has 0 aliphatic carbocycles. The molecule has 1 fully saturated rings. The van der Waals surface area contributed by atoms with Crippen molar-refractivity contribution >= 4 is 27.7 Å². The summed E-state index contributed by atoms with van der Waals surface area (Å²) >= 11 is 0. The van der Waals surface area contributed by atoms with Gasteiger partial charge in [-0.05, 0) is 43.2 Å². The van der Waals surface area contributed by atoms with Gasteiger partial charge < -0.3 is 4.90 Å². The molecule has 1 aromatic heterocycles. The lowest BCUT2D eigenvalue weighted by Gasteiger charge is -2.34. The van der Waals surface area contributed by atoms with E-state index in [4.69, 9.17) is 0 Å². The molecule has 0 N–H and O–H groups in total. The Bertz CT molecular complexity index is 1350. The van der Waals surface area contributed by atoms with Crippen molar-refractivity contribution in [3.05, 3.63) is 83.3 Å². The molecular formula is C25H25N5O4S. The molecule has 2 aromatic carbocycles. The highest BCUT2D eigenvalue weighted by Crippen LogP contribution is 2.24. The number of nitrogens with zero attached hydrogens (tertiary/aromatic N) is 5. The van der Waals surface area contributed by atoms with Gasteiger partial charge in [0.25, 0.3) is 11.8 Å². The summed E-state index contributed by atoms with van der Waals surface area (Å²) in [4.78, 5) is 37.0. The van der Waals surface area contributed by atoms with Crippen LogP contribution in [0.15, 0.2) is 65.8 Å². The molecule has 0 radical (unpaired) electrons. The van der Waals surface area contributed by atoms with Crippen molar-refractivity contribution in [1.29, 1.82) is 0 Å². The summed E-state index contributed by atoms with van der Waals surface area (Å²) in [5, 5.41) is 0. The summed E-state index contributed by atoms with van der Waals surface area (Å²) in [6.45, 7) is 3.97. The minimum absolute atomic E-state index is 0.230. The maximum absolute atomic E-state index is 13.2. The van der Waals surface area contributed by atoms with Gasteiger partial charge in [0.1, 0.15) is 12.1 Å². The zero-order valence-corrected chi connectivity index (χ0v) is 20.1. The smallest absolute Gasteiger partial charge is 0.261 e. The predicted molar refractivity (Wildman–Crippen MR) is 130 cm³/mol. The number of carbonyl (C=O) groups is 2. The zero-order valence-electron chi connectivity index (χ0n) is 19.3. The first kappa shape index (κ1) is 23.1. The molecule has 2 aliphatic heterocycles. The van der Waals surface area contributed by atoms with Crippen molar-refractivity contribution in [3.63, 3.8) is 0 Å². The topological polar surface area (TPSA) is 104 Å². The quantitative estimate of drug-likeness (QED) is 0.487. The van der Waals surface area contributed by atoms with Crippen molar-refractivity contribution in [2.24, 2.45) is 0 Å². The number of amides is 2. The van der Waals surface area contributed by atoms with E-state index in [-0.39, 0.29) is 23.3 Å². The highest BCUT2D eigenvalue weighted by Gasteiger charge is 2.34. The molecule has 180 valence electrons. The van der Waals surface area contributed by atoms with E-state index in [0.717, 1.165) is 17.1 Å². The Hall–Kier alpha value is -3.63. The van der Waals surface area contributed by atoms with E-state index in [2.05, 4.69) is 14.9 Å². The Labute approximate surface area is 204 Å². The number of carbonyl (C=O) groups excluding carboxylic acids is 2. The van der Waals surface area contributed by atoms with Gasteiger partial charge in [-0.3, -0.25) is 14.5 Å². The Kier molecular flexibility index (Phi) is 6.08. The second kappa shape index (κ2) is 9.20. The number of hydrogen-bond donors (Lipinski definition) is 0. The third-order valence-corrected chi connectivity index (χ3v) is 8.33. The minimum atomic E-state index is -3.62. The van der Waals surface area contributed by atoms with E-state index in [1.807, 2.05) is 13.0 Å². The van der Waals surface area contributed by atoms with Gasteiger partial charge in [0.05, 0.1) is 16.0 Å². The van der Waals surface area contributed by atoms with E-state index >= 15 is 0 Å². The molecule has 0 unspecified atom stereocenters. The van der Waals surface area contributed by atoms with E-state index in [0.29, 0.717) is 43.7 Å². The maximum atomic E-state index is 13.2. The number of fused-ring (bicyclic) bond motifs is 1. The number of rotatable bonds is 6. The van der Waals surface area contributed by atoms with Crippen LogP contribution in [-0.2, 0) is 16.4 Å². The van der Waals surface area contributed by atoms with Crippen LogP contribution in [0.25, 0.3) is 0 Å². The Morgan fingerprint density at radius 2 is 1.49 bits per heavy atom. The first-order valence-electron chi connectivity index (χ1n) is 11.4. The molecule has 9 nitrogen and oxygen atoms in total. The van der Waals surface area contributed by atoms with Crippen molar-refractivity contribution in [2.75, 3.05) is 37.6 Å². The second-order valence-electron chi connectivity index (χ2n) is 8.61. The van der Waals surface area contributed by atoms with Gasteiger partial charge in [-0.2, -0.15) is 4.31 Å². The van der Waals surface area contributed by atoms with Gasteiger partial charge in [0.2, 0.25) is 10.0 Å². The fraction of sp³-hybridized carbons (Fsp3) is 0.280. The lowest BCUT2D eigenvalue weighted by molar-refractivity contribution is 0.0656. The van der Waals surface area contributed by atoms with E-state index in [1.165, 1.54) is 15.5 Å². The molecule has 35 heavy (non-hydrogen) atoms. The molecule has 0 spiro atoms. The van der Waals surface area contributed by atoms with Crippen LogP contribution >= 0.6 is 0 Å². The van der Waals surface area contributed by atoms with Crippen LogP contribution in [0.4, 0.5) is 5.82 Å². The molecule has 0 saturated carbocycles. The second-order valence-corrected chi connectivity index (χ2v) is 10.5. The number of piperazine rings is 1. The largest absolute Gasteiger partial charge is 0.354 e. The van der Waals surface area contributed by atoms with Crippen LogP contribution in [0, 0.1) is 6.92 Å². The van der Waals surface area contributed by atoms with Crippen molar-refractivity contribution in [2.45, 2.75) is 18.2 Å². The first-order valence-corrected chi connectivity index (χ1v) is 12.9. The SMILES string of the molecule is Cc1cc(N2CCN(S(=O)(=O)c3ccc(CCN4C(=O)c5ccccc5C4=O)cc3)CC2)ncn1. The number of hydrogen-bond acceptors (Lipinski definition) is 7.